The van der Waals surface area contributed by atoms with E-state index in [9.17, 15) is 5.11 Å². The van der Waals surface area contributed by atoms with E-state index in [1.807, 2.05) is 24.3 Å². The Labute approximate surface area is 143 Å². The van der Waals surface area contributed by atoms with Gasteiger partial charge in [-0.2, -0.15) is 0 Å². The van der Waals surface area contributed by atoms with Crippen molar-refractivity contribution in [3.05, 3.63) is 48.7 Å². The molecule has 0 spiro atoms. The molecule has 0 unspecified atom stereocenters. The lowest BCUT2D eigenvalue weighted by Crippen LogP contribution is -2.35. The van der Waals surface area contributed by atoms with Crippen LogP contribution in [0.5, 0.6) is 5.75 Å². The highest BCUT2D eigenvalue weighted by atomic mass is 16.5. The van der Waals surface area contributed by atoms with E-state index < -0.39 is 6.10 Å². The van der Waals surface area contributed by atoms with Gasteiger partial charge in [0.2, 0.25) is 0 Å². The number of ether oxygens (including phenoxy) is 1. The number of rotatable bonds is 6. The standard InChI is InChI=1S/C20H26N2O2/c1-3-14-13-21-10-8-15(14)4-7-20(23)17-9-11-22-19-6-5-16(24-2)12-18(17)19/h3,5-6,9,11-12,14-15,20-21,23H,1,4,7-8,10,13H2,2H3/t14-,15-,20+/m1/s1. The lowest BCUT2D eigenvalue weighted by atomic mass is 9.82. The van der Waals surface area contributed by atoms with Gasteiger partial charge in [-0.1, -0.05) is 6.08 Å². The van der Waals surface area contributed by atoms with E-state index in [0.717, 1.165) is 54.6 Å². The number of nitrogens with zero attached hydrogens (tertiary/aromatic N) is 1. The number of benzene rings is 1. The molecule has 1 aromatic heterocycles. The minimum atomic E-state index is -0.483. The maximum Gasteiger partial charge on any atom is 0.119 e. The molecule has 1 fully saturated rings. The van der Waals surface area contributed by atoms with E-state index in [-0.39, 0.29) is 0 Å². The number of nitrogens with one attached hydrogen (secondary N) is 1. The fraction of sp³-hybridized carbons (Fsp3) is 0.450. The molecule has 3 rings (SSSR count). The number of piperidine rings is 1. The molecular formula is C20H26N2O2. The Balaban J connectivity index is 1.76. The first-order valence-corrected chi connectivity index (χ1v) is 8.67. The van der Waals surface area contributed by atoms with Crippen molar-refractivity contribution in [2.24, 2.45) is 11.8 Å². The Kier molecular flexibility index (Phi) is 5.48. The molecule has 1 aromatic carbocycles. The maximum atomic E-state index is 10.8. The van der Waals surface area contributed by atoms with Gasteiger partial charge >= 0.3 is 0 Å². The van der Waals surface area contributed by atoms with Gasteiger partial charge in [0.05, 0.1) is 18.7 Å². The zero-order valence-corrected chi connectivity index (χ0v) is 14.2. The summed E-state index contributed by atoms with van der Waals surface area (Å²) in [6.45, 7) is 6.01. The van der Waals surface area contributed by atoms with Gasteiger partial charge < -0.3 is 15.2 Å². The van der Waals surface area contributed by atoms with Gasteiger partial charge in [0, 0.05) is 18.1 Å². The number of aromatic nitrogens is 1. The van der Waals surface area contributed by atoms with Crippen molar-refractivity contribution in [2.75, 3.05) is 20.2 Å². The van der Waals surface area contributed by atoms with E-state index in [1.165, 1.54) is 0 Å². The molecule has 2 N–H and O–H groups in total. The average Bonchev–Trinajstić information content (AvgIpc) is 2.65. The van der Waals surface area contributed by atoms with Crippen molar-refractivity contribution in [3.8, 4) is 5.75 Å². The number of aliphatic hydroxyl groups excluding tert-OH is 1. The van der Waals surface area contributed by atoms with Crippen LogP contribution in [0.3, 0.4) is 0 Å². The van der Waals surface area contributed by atoms with Gasteiger partial charge in [0.15, 0.2) is 0 Å². The van der Waals surface area contributed by atoms with Gasteiger partial charge in [-0.3, -0.25) is 4.98 Å². The van der Waals surface area contributed by atoms with Gasteiger partial charge in [-0.05, 0) is 67.5 Å². The molecule has 0 saturated carbocycles. The fourth-order valence-corrected chi connectivity index (χ4v) is 3.66. The second-order valence-electron chi connectivity index (χ2n) is 6.53. The zero-order valence-electron chi connectivity index (χ0n) is 14.2. The first-order chi connectivity index (χ1) is 11.7. The number of pyridine rings is 1. The molecule has 1 aliphatic rings. The predicted octanol–water partition coefficient (Wildman–Crippen LogP) is 3.47. The SMILES string of the molecule is C=C[C@@H]1CNCC[C@H]1CC[C@H](O)c1ccnc2ccc(OC)cc12. The Bertz CT molecular complexity index is 701. The van der Waals surface area contributed by atoms with E-state index in [1.54, 1.807) is 13.3 Å². The van der Waals surface area contributed by atoms with Crippen LogP contribution in [0, 0.1) is 11.8 Å². The molecule has 128 valence electrons. The largest absolute Gasteiger partial charge is 0.497 e. The summed E-state index contributed by atoms with van der Waals surface area (Å²) in [7, 11) is 1.65. The summed E-state index contributed by atoms with van der Waals surface area (Å²) in [5.74, 6) is 1.88. The molecule has 0 bridgehead atoms. The molecule has 4 heteroatoms. The summed E-state index contributed by atoms with van der Waals surface area (Å²) in [4.78, 5) is 4.39. The lowest BCUT2D eigenvalue weighted by Gasteiger charge is -2.30. The van der Waals surface area contributed by atoms with Crippen LogP contribution in [0.4, 0.5) is 0 Å². The van der Waals surface area contributed by atoms with Crippen LogP contribution in [0.25, 0.3) is 10.9 Å². The van der Waals surface area contributed by atoms with E-state index in [2.05, 4.69) is 23.0 Å². The smallest absolute Gasteiger partial charge is 0.119 e. The second kappa shape index (κ2) is 7.77. The first kappa shape index (κ1) is 16.9. The van der Waals surface area contributed by atoms with Crippen LogP contribution in [-0.4, -0.2) is 30.3 Å². The molecule has 4 nitrogen and oxygen atoms in total. The van der Waals surface area contributed by atoms with Crippen molar-refractivity contribution in [3.63, 3.8) is 0 Å². The summed E-state index contributed by atoms with van der Waals surface area (Å²) < 4.78 is 5.31. The lowest BCUT2D eigenvalue weighted by molar-refractivity contribution is 0.147. The molecule has 24 heavy (non-hydrogen) atoms. The third-order valence-corrected chi connectivity index (χ3v) is 5.13. The summed E-state index contributed by atoms with van der Waals surface area (Å²) in [5, 5.41) is 15.1. The molecule has 0 amide bonds. The average molecular weight is 326 g/mol. The van der Waals surface area contributed by atoms with Crippen molar-refractivity contribution in [2.45, 2.75) is 25.4 Å². The summed E-state index contributed by atoms with van der Waals surface area (Å²) in [5.41, 5.74) is 1.82. The van der Waals surface area contributed by atoms with Crippen molar-refractivity contribution < 1.29 is 9.84 Å². The number of aliphatic hydroxyl groups is 1. The molecule has 3 atom stereocenters. The Morgan fingerprint density at radius 2 is 2.33 bits per heavy atom. The van der Waals surface area contributed by atoms with Gasteiger partial charge in [0.1, 0.15) is 5.75 Å². The number of hydrogen-bond donors (Lipinski definition) is 2. The Hall–Kier alpha value is -1.91. The highest BCUT2D eigenvalue weighted by molar-refractivity contribution is 5.83. The van der Waals surface area contributed by atoms with E-state index >= 15 is 0 Å². The number of fused-ring (bicyclic) bond motifs is 1. The van der Waals surface area contributed by atoms with Crippen LogP contribution in [-0.2, 0) is 0 Å². The van der Waals surface area contributed by atoms with Crippen molar-refractivity contribution >= 4 is 10.9 Å². The summed E-state index contributed by atoms with van der Waals surface area (Å²) in [6, 6.07) is 7.71. The van der Waals surface area contributed by atoms with Crippen molar-refractivity contribution in [1.29, 1.82) is 0 Å². The normalized spacial score (nSPS) is 22.2. The minimum Gasteiger partial charge on any atom is -0.497 e. The molecule has 0 aliphatic carbocycles. The van der Waals surface area contributed by atoms with Crippen LogP contribution in [0.15, 0.2) is 43.1 Å². The van der Waals surface area contributed by atoms with Crippen molar-refractivity contribution in [1.82, 2.24) is 10.3 Å². The molecule has 1 saturated heterocycles. The van der Waals surface area contributed by atoms with E-state index in [0.29, 0.717) is 11.8 Å². The molecule has 2 aromatic rings. The van der Waals surface area contributed by atoms with Crippen LogP contribution in [0.1, 0.15) is 30.9 Å². The quantitative estimate of drug-likeness (QED) is 0.798. The third kappa shape index (κ3) is 3.60. The zero-order chi connectivity index (χ0) is 16.9. The van der Waals surface area contributed by atoms with Gasteiger partial charge in [-0.25, -0.2) is 0 Å². The first-order valence-electron chi connectivity index (χ1n) is 8.67. The van der Waals surface area contributed by atoms with E-state index in [4.69, 9.17) is 4.74 Å². The topological polar surface area (TPSA) is 54.4 Å². The predicted molar refractivity (Wildman–Crippen MR) is 97.2 cm³/mol. The monoisotopic (exact) mass is 326 g/mol. The molecular weight excluding hydrogens is 300 g/mol. The van der Waals surface area contributed by atoms with Crippen LogP contribution >= 0.6 is 0 Å². The molecule has 1 aliphatic heterocycles. The Morgan fingerprint density at radius 3 is 3.12 bits per heavy atom. The van der Waals surface area contributed by atoms with Gasteiger partial charge in [-0.15, -0.1) is 6.58 Å². The summed E-state index contributed by atoms with van der Waals surface area (Å²) >= 11 is 0. The number of methoxy groups -OCH3 is 1. The van der Waals surface area contributed by atoms with Gasteiger partial charge in [0.25, 0.3) is 0 Å². The Morgan fingerprint density at radius 1 is 1.46 bits per heavy atom. The van der Waals surface area contributed by atoms with Crippen LogP contribution in [0.2, 0.25) is 0 Å². The maximum absolute atomic E-state index is 10.8. The fourth-order valence-electron chi connectivity index (χ4n) is 3.66. The molecule has 0 radical (unpaired) electrons. The third-order valence-electron chi connectivity index (χ3n) is 5.13. The van der Waals surface area contributed by atoms with Crippen LogP contribution < -0.4 is 10.1 Å². The second-order valence-corrected chi connectivity index (χ2v) is 6.53. The summed E-state index contributed by atoms with van der Waals surface area (Å²) in [6.07, 6.45) is 6.25. The highest BCUT2D eigenvalue weighted by Gasteiger charge is 2.23. The minimum absolute atomic E-state index is 0.483. The highest BCUT2D eigenvalue weighted by Crippen LogP contribution is 2.32. The number of hydrogen-bond acceptors (Lipinski definition) is 4. The molecule has 2 heterocycles.